The van der Waals surface area contributed by atoms with Crippen molar-refractivity contribution >= 4 is 26.0 Å². The van der Waals surface area contributed by atoms with Crippen LogP contribution in [0.25, 0.3) is 0 Å². The molecule has 3 atom stereocenters. The summed E-state index contributed by atoms with van der Waals surface area (Å²) in [6.45, 7) is 13.1. The molecule has 0 spiro atoms. The number of hydrogen-bond donors (Lipinski definition) is 0. The first kappa shape index (κ1) is 23.4. The second-order valence-electron chi connectivity index (χ2n) is 10.5. The molecule has 174 valence electrons. The molecule has 33 heavy (non-hydrogen) atoms. The highest BCUT2D eigenvalue weighted by Gasteiger charge is 2.63. The standard InChI is InChI=1S/C26H32N2O4Si/c1-17(32-16-18-12-8-7-9-13-18)21-22(25(31)28(21)33(5,6)26(2,3)4)27-23(29)19-14-10-11-15-20(19)24(27)30/h7-15,17,21-22H,16H2,1-6H3/t17-,21+,22+/m1/s1. The fraction of sp³-hybridized carbons (Fsp3) is 0.423. The van der Waals surface area contributed by atoms with Crippen LogP contribution in [0.4, 0.5) is 0 Å². The lowest BCUT2D eigenvalue weighted by Gasteiger charge is -2.60. The van der Waals surface area contributed by atoms with E-state index >= 15 is 0 Å². The van der Waals surface area contributed by atoms with Gasteiger partial charge in [-0.1, -0.05) is 76.3 Å². The molecule has 4 rings (SSSR count). The van der Waals surface area contributed by atoms with E-state index in [1.807, 2.05) is 41.8 Å². The zero-order valence-electron chi connectivity index (χ0n) is 20.2. The largest absolute Gasteiger partial charge is 0.372 e. The molecule has 0 radical (unpaired) electrons. The average molecular weight is 465 g/mol. The van der Waals surface area contributed by atoms with Gasteiger partial charge in [0.1, 0.15) is 6.04 Å². The Balaban J connectivity index is 1.67. The Morgan fingerprint density at radius 3 is 1.94 bits per heavy atom. The van der Waals surface area contributed by atoms with Gasteiger partial charge in [0.25, 0.3) is 11.8 Å². The Kier molecular flexibility index (Phi) is 5.83. The first-order chi connectivity index (χ1) is 15.5. The number of fused-ring (bicyclic) bond motifs is 1. The second kappa shape index (κ2) is 8.22. The maximum absolute atomic E-state index is 13.6. The van der Waals surface area contributed by atoms with Crippen molar-refractivity contribution in [3.05, 3.63) is 71.3 Å². The van der Waals surface area contributed by atoms with Crippen LogP contribution in [0.15, 0.2) is 54.6 Å². The minimum atomic E-state index is -2.28. The van der Waals surface area contributed by atoms with Gasteiger partial charge in [-0.3, -0.25) is 19.3 Å². The van der Waals surface area contributed by atoms with Crippen LogP contribution in [-0.2, 0) is 16.1 Å². The molecule has 0 aliphatic carbocycles. The van der Waals surface area contributed by atoms with Crippen LogP contribution >= 0.6 is 0 Å². The molecule has 1 fully saturated rings. The SMILES string of the molecule is C[C@@H](OCc1ccccc1)[C@H]1[C@H](N2C(=O)c3ccccc3C2=O)C(=O)N1[Si](C)(C)C(C)(C)C. The molecule has 2 aliphatic heterocycles. The van der Waals surface area contributed by atoms with E-state index in [0.717, 1.165) is 5.56 Å². The average Bonchev–Trinajstić information content (AvgIpc) is 3.01. The van der Waals surface area contributed by atoms with E-state index in [-0.39, 0.29) is 23.1 Å². The third-order valence-corrected chi connectivity index (χ3v) is 12.9. The molecule has 0 aromatic heterocycles. The van der Waals surface area contributed by atoms with Gasteiger partial charge in [0.15, 0.2) is 8.24 Å². The van der Waals surface area contributed by atoms with Gasteiger partial charge in [-0.25, -0.2) is 0 Å². The summed E-state index contributed by atoms with van der Waals surface area (Å²) in [6.07, 6.45) is -0.355. The van der Waals surface area contributed by atoms with Crippen LogP contribution in [0.3, 0.4) is 0 Å². The highest BCUT2D eigenvalue weighted by atomic mass is 28.3. The molecular formula is C26H32N2O4Si. The number of benzene rings is 2. The Hall–Kier alpha value is -2.77. The van der Waals surface area contributed by atoms with Crippen molar-refractivity contribution in [2.24, 2.45) is 0 Å². The molecule has 2 aromatic carbocycles. The summed E-state index contributed by atoms with van der Waals surface area (Å²) in [5, 5.41) is -0.0903. The molecular weight excluding hydrogens is 432 g/mol. The Bertz CT molecular complexity index is 1060. The van der Waals surface area contributed by atoms with Crippen molar-refractivity contribution in [1.29, 1.82) is 0 Å². The first-order valence-electron chi connectivity index (χ1n) is 11.4. The van der Waals surface area contributed by atoms with Gasteiger partial charge in [0.05, 0.1) is 29.9 Å². The highest BCUT2D eigenvalue weighted by Crippen LogP contribution is 2.46. The van der Waals surface area contributed by atoms with E-state index in [0.29, 0.717) is 17.7 Å². The van der Waals surface area contributed by atoms with Crippen molar-refractivity contribution in [2.75, 3.05) is 0 Å². The summed E-state index contributed by atoms with van der Waals surface area (Å²) in [7, 11) is -2.28. The quantitative estimate of drug-likeness (QED) is 0.359. The number of imide groups is 1. The molecule has 2 aliphatic rings. The Morgan fingerprint density at radius 2 is 1.42 bits per heavy atom. The molecule has 2 heterocycles. The zero-order valence-corrected chi connectivity index (χ0v) is 21.2. The number of amides is 3. The molecule has 0 bridgehead atoms. The third kappa shape index (κ3) is 3.73. The summed E-state index contributed by atoms with van der Waals surface area (Å²) in [6, 6.07) is 15.4. The van der Waals surface area contributed by atoms with Crippen molar-refractivity contribution < 1.29 is 19.1 Å². The Morgan fingerprint density at radius 1 is 0.909 bits per heavy atom. The van der Waals surface area contributed by atoms with E-state index in [1.165, 1.54) is 4.90 Å². The molecule has 3 amide bonds. The van der Waals surface area contributed by atoms with Crippen LogP contribution in [0.2, 0.25) is 18.1 Å². The lowest BCUT2D eigenvalue weighted by Crippen LogP contribution is -2.81. The van der Waals surface area contributed by atoms with Gasteiger partial charge in [-0.15, -0.1) is 0 Å². The lowest BCUT2D eigenvalue weighted by atomic mass is 9.92. The van der Waals surface area contributed by atoms with Crippen LogP contribution in [-0.4, -0.2) is 53.6 Å². The van der Waals surface area contributed by atoms with Crippen LogP contribution in [0.1, 0.15) is 54.0 Å². The monoisotopic (exact) mass is 464 g/mol. The minimum absolute atomic E-state index is 0.0903. The zero-order chi connectivity index (χ0) is 24.1. The summed E-state index contributed by atoms with van der Waals surface area (Å²) in [4.78, 5) is 41.2. The van der Waals surface area contributed by atoms with Crippen LogP contribution in [0.5, 0.6) is 0 Å². The van der Waals surface area contributed by atoms with Gasteiger partial charge in [0.2, 0.25) is 5.91 Å². The van der Waals surface area contributed by atoms with E-state index < -0.39 is 26.1 Å². The van der Waals surface area contributed by atoms with Gasteiger partial charge in [0, 0.05) is 0 Å². The second-order valence-corrected chi connectivity index (χ2v) is 15.6. The predicted molar refractivity (Wildman–Crippen MR) is 129 cm³/mol. The van der Waals surface area contributed by atoms with E-state index in [4.69, 9.17) is 4.74 Å². The van der Waals surface area contributed by atoms with Crippen LogP contribution in [0, 0.1) is 0 Å². The maximum atomic E-state index is 13.6. The molecule has 6 nitrogen and oxygen atoms in total. The molecule has 2 aromatic rings. The topological polar surface area (TPSA) is 66.9 Å². The summed E-state index contributed by atoms with van der Waals surface area (Å²) in [5.74, 6) is -0.954. The molecule has 0 unspecified atom stereocenters. The smallest absolute Gasteiger partial charge is 0.262 e. The number of rotatable bonds is 6. The number of β-lactam (4-membered cyclic amide) rings is 1. The first-order valence-corrected chi connectivity index (χ1v) is 14.4. The predicted octanol–water partition coefficient (Wildman–Crippen LogP) is 4.47. The summed E-state index contributed by atoms with van der Waals surface area (Å²) >= 11 is 0. The molecule has 0 N–H and O–H groups in total. The Labute approximate surface area is 196 Å². The summed E-state index contributed by atoms with van der Waals surface area (Å²) < 4.78 is 8.19. The van der Waals surface area contributed by atoms with Gasteiger partial charge in [-0.05, 0) is 29.7 Å². The van der Waals surface area contributed by atoms with Crippen molar-refractivity contribution in [2.45, 2.75) is 70.6 Å². The van der Waals surface area contributed by atoms with E-state index in [1.54, 1.807) is 24.3 Å². The summed E-state index contributed by atoms with van der Waals surface area (Å²) in [5.41, 5.74) is 1.75. The highest BCUT2D eigenvalue weighted by molar-refractivity contribution is 6.80. The van der Waals surface area contributed by atoms with Crippen LogP contribution < -0.4 is 0 Å². The number of carbonyl (C=O) groups excluding carboxylic acids is 3. The van der Waals surface area contributed by atoms with Crippen molar-refractivity contribution in [1.82, 2.24) is 9.47 Å². The number of carbonyl (C=O) groups is 3. The van der Waals surface area contributed by atoms with Crippen molar-refractivity contribution in [3.8, 4) is 0 Å². The molecule has 7 heteroatoms. The van der Waals surface area contributed by atoms with Gasteiger partial charge in [-0.2, -0.15) is 0 Å². The fourth-order valence-corrected chi connectivity index (χ4v) is 7.10. The van der Waals surface area contributed by atoms with Crippen molar-refractivity contribution in [3.63, 3.8) is 0 Å². The number of nitrogens with zero attached hydrogens (tertiary/aromatic N) is 2. The third-order valence-electron chi connectivity index (χ3n) is 7.49. The number of ether oxygens (including phenoxy) is 1. The molecule has 1 saturated heterocycles. The van der Waals surface area contributed by atoms with Gasteiger partial charge >= 0.3 is 0 Å². The minimum Gasteiger partial charge on any atom is -0.372 e. The lowest BCUT2D eigenvalue weighted by molar-refractivity contribution is -0.156. The fourth-order valence-electron chi connectivity index (χ4n) is 4.59. The van der Waals surface area contributed by atoms with E-state index in [9.17, 15) is 14.4 Å². The maximum Gasteiger partial charge on any atom is 0.262 e. The van der Waals surface area contributed by atoms with E-state index in [2.05, 4.69) is 33.9 Å². The normalized spacial score (nSPS) is 21.8. The van der Waals surface area contributed by atoms with Gasteiger partial charge < -0.3 is 9.30 Å². The molecule has 0 saturated carbocycles. The number of hydrogen-bond acceptors (Lipinski definition) is 4.